The Hall–Kier alpha value is -0.570. The molecule has 0 aliphatic carbocycles. The molecule has 0 rings (SSSR count). The third-order valence-electron chi connectivity index (χ3n) is 2.16. The van der Waals surface area contributed by atoms with Crippen LogP contribution in [0.2, 0.25) is 0 Å². The van der Waals surface area contributed by atoms with Crippen molar-refractivity contribution in [1.82, 2.24) is 0 Å². The van der Waals surface area contributed by atoms with E-state index in [-0.39, 0.29) is 17.4 Å². The Morgan fingerprint density at radius 1 is 1.40 bits per heavy atom. The van der Waals surface area contributed by atoms with E-state index in [0.29, 0.717) is 13.0 Å². The molecule has 0 heterocycles. The van der Waals surface area contributed by atoms with Gasteiger partial charge in [0.25, 0.3) is 0 Å². The second-order valence-electron chi connectivity index (χ2n) is 5.40. The zero-order chi connectivity index (χ0) is 11.9. The van der Waals surface area contributed by atoms with Crippen molar-refractivity contribution in [1.29, 1.82) is 0 Å². The molecule has 0 aromatic rings. The van der Waals surface area contributed by atoms with Crippen LogP contribution in [-0.2, 0) is 9.53 Å². The molecule has 0 spiro atoms. The molecule has 1 unspecified atom stereocenters. The molecule has 3 nitrogen and oxygen atoms in total. The SMILES string of the molecule is CC(N)CCCC(=O)OCCC(C)(C)C. The maximum atomic E-state index is 11.2. The normalized spacial score (nSPS) is 13.7. The number of rotatable bonds is 6. The van der Waals surface area contributed by atoms with Crippen molar-refractivity contribution in [2.45, 2.75) is 59.4 Å². The fourth-order valence-electron chi connectivity index (χ4n) is 1.11. The van der Waals surface area contributed by atoms with Crippen LogP contribution in [0.5, 0.6) is 0 Å². The summed E-state index contributed by atoms with van der Waals surface area (Å²) in [6.45, 7) is 8.89. The van der Waals surface area contributed by atoms with Crippen molar-refractivity contribution in [3.05, 3.63) is 0 Å². The fraction of sp³-hybridized carbons (Fsp3) is 0.917. The molecule has 1 atom stereocenters. The van der Waals surface area contributed by atoms with E-state index in [4.69, 9.17) is 10.5 Å². The largest absolute Gasteiger partial charge is 0.466 e. The van der Waals surface area contributed by atoms with Gasteiger partial charge in [0.1, 0.15) is 0 Å². The second kappa shape index (κ2) is 6.83. The smallest absolute Gasteiger partial charge is 0.305 e. The predicted molar refractivity (Wildman–Crippen MR) is 62.5 cm³/mol. The molecule has 0 radical (unpaired) electrons. The first-order chi connectivity index (χ1) is 6.81. The van der Waals surface area contributed by atoms with E-state index in [0.717, 1.165) is 19.3 Å². The quantitative estimate of drug-likeness (QED) is 0.692. The van der Waals surface area contributed by atoms with Gasteiger partial charge in [-0.15, -0.1) is 0 Å². The third-order valence-corrected chi connectivity index (χ3v) is 2.16. The molecule has 0 saturated heterocycles. The van der Waals surface area contributed by atoms with Gasteiger partial charge in [0.15, 0.2) is 0 Å². The van der Waals surface area contributed by atoms with Gasteiger partial charge in [0.2, 0.25) is 0 Å². The average Bonchev–Trinajstić information content (AvgIpc) is 2.00. The summed E-state index contributed by atoms with van der Waals surface area (Å²) in [6.07, 6.45) is 3.11. The summed E-state index contributed by atoms with van der Waals surface area (Å²) in [5.41, 5.74) is 5.81. The van der Waals surface area contributed by atoms with E-state index < -0.39 is 0 Å². The van der Waals surface area contributed by atoms with Crippen molar-refractivity contribution in [3.63, 3.8) is 0 Å². The lowest BCUT2D eigenvalue weighted by atomic mass is 9.93. The highest BCUT2D eigenvalue weighted by molar-refractivity contribution is 5.69. The molecule has 0 bridgehead atoms. The van der Waals surface area contributed by atoms with Crippen LogP contribution in [0.3, 0.4) is 0 Å². The number of hydrogen-bond donors (Lipinski definition) is 1. The molecule has 3 heteroatoms. The minimum absolute atomic E-state index is 0.0973. The van der Waals surface area contributed by atoms with Gasteiger partial charge >= 0.3 is 5.97 Å². The van der Waals surface area contributed by atoms with E-state index in [2.05, 4.69) is 20.8 Å². The highest BCUT2D eigenvalue weighted by Gasteiger charge is 2.11. The summed E-state index contributed by atoms with van der Waals surface area (Å²) < 4.78 is 5.12. The molecule has 0 amide bonds. The molecule has 90 valence electrons. The van der Waals surface area contributed by atoms with Crippen LogP contribution in [0.4, 0.5) is 0 Å². The summed E-state index contributed by atoms with van der Waals surface area (Å²) in [4.78, 5) is 11.2. The van der Waals surface area contributed by atoms with Gasteiger partial charge in [-0.3, -0.25) is 4.79 Å². The Kier molecular flexibility index (Phi) is 6.57. The Morgan fingerprint density at radius 2 is 2.00 bits per heavy atom. The summed E-state index contributed by atoms with van der Waals surface area (Å²) in [5.74, 6) is -0.0973. The molecule has 15 heavy (non-hydrogen) atoms. The lowest BCUT2D eigenvalue weighted by molar-refractivity contribution is -0.144. The number of hydrogen-bond acceptors (Lipinski definition) is 3. The molecule has 2 N–H and O–H groups in total. The third kappa shape index (κ3) is 11.4. The van der Waals surface area contributed by atoms with E-state index in [9.17, 15) is 4.79 Å². The number of carbonyl (C=O) groups excluding carboxylic acids is 1. The molecular formula is C12H25NO2. The summed E-state index contributed by atoms with van der Waals surface area (Å²) in [5, 5.41) is 0. The molecule has 0 aliphatic heterocycles. The van der Waals surface area contributed by atoms with E-state index in [1.165, 1.54) is 0 Å². The Bertz CT molecular complexity index is 183. The first-order valence-electron chi connectivity index (χ1n) is 5.72. The van der Waals surface area contributed by atoms with Gasteiger partial charge in [0, 0.05) is 12.5 Å². The van der Waals surface area contributed by atoms with Gasteiger partial charge in [-0.05, 0) is 31.6 Å². The predicted octanol–water partition coefficient (Wildman–Crippen LogP) is 2.48. The van der Waals surface area contributed by atoms with E-state index >= 15 is 0 Å². The lowest BCUT2D eigenvalue weighted by Gasteiger charge is -2.17. The van der Waals surface area contributed by atoms with Crippen molar-refractivity contribution < 1.29 is 9.53 Å². The van der Waals surface area contributed by atoms with Crippen LogP contribution in [0.15, 0.2) is 0 Å². The number of nitrogens with two attached hydrogens (primary N) is 1. The van der Waals surface area contributed by atoms with Crippen LogP contribution >= 0.6 is 0 Å². The maximum Gasteiger partial charge on any atom is 0.305 e. The van der Waals surface area contributed by atoms with Gasteiger partial charge in [-0.25, -0.2) is 0 Å². The van der Waals surface area contributed by atoms with Crippen molar-refractivity contribution >= 4 is 5.97 Å². The number of ether oxygens (including phenoxy) is 1. The van der Waals surface area contributed by atoms with Crippen LogP contribution in [0.1, 0.15) is 53.4 Å². The first-order valence-corrected chi connectivity index (χ1v) is 5.72. The van der Waals surface area contributed by atoms with E-state index in [1.54, 1.807) is 0 Å². The van der Waals surface area contributed by atoms with Crippen molar-refractivity contribution in [3.8, 4) is 0 Å². The monoisotopic (exact) mass is 215 g/mol. The highest BCUT2D eigenvalue weighted by atomic mass is 16.5. The zero-order valence-corrected chi connectivity index (χ0v) is 10.5. The Morgan fingerprint density at radius 3 is 2.47 bits per heavy atom. The average molecular weight is 215 g/mol. The Balaban J connectivity index is 3.42. The molecule has 0 aromatic heterocycles. The van der Waals surface area contributed by atoms with Gasteiger partial charge in [-0.2, -0.15) is 0 Å². The van der Waals surface area contributed by atoms with Gasteiger partial charge in [-0.1, -0.05) is 20.8 Å². The zero-order valence-electron chi connectivity index (χ0n) is 10.5. The van der Waals surface area contributed by atoms with Crippen molar-refractivity contribution in [2.24, 2.45) is 11.1 Å². The minimum atomic E-state index is -0.0973. The Labute approximate surface area is 93.4 Å². The van der Waals surface area contributed by atoms with Crippen LogP contribution in [-0.4, -0.2) is 18.6 Å². The topological polar surface area (TPSA) is 52.3 Å². The molecule has 0 fully saturated rings. The molecular weight excluding hydrogens is 190 g/mol. The number of carbonyl (C=O) groups is 1. The fourth-order valence-corrected chi connectivity index (χ4v) is 1.11. The lowest BCUT2D eigenvalue weighted by Crippen LogP contribution is -2.16. The minimum Gasteiger partial charge on any atom is -0.466 e. The molecule has 0 saturated carbocycles. The standard InChI is InChI=1S/C12H25NO2/c1-10(13)6-5-7-11(14)15-9-8-12(2,3)4/h10H,5-9,13H2,1-4H3. The van der Waals surface area contributed by atoms with Crippen LogP contribution in [0.25, 0.3) is 0 Å². The van der Waals surface area contributed by atoms with Gasteiger partial charge < -0.3 is 10.5 Å². The summed E-state index contributed by atoms with van der Waals surface area (Å²) >= 11 is 0. The second-order valence-corrected chi connectivity index (χ2v) is 5.40. The van der Waals surface area contributed by atoms with Crippen molar-refractivity contribution in [2.75, 3.05) is 6.61 Å². The molecule has 0 aliphatic rings. The molecule has 0 aromatic carbocycles. The summed E-state index contributed by atoms with van der Waals surface area (Å²) in [6, 6.07) is 0.173. The van der Waals surface area contributed by atoms with Crippen LogP contribution in [0, 0.1) is 5.41 Å². The van der Waals surface area contributed by atoms with E-state index in [1.807, 2.05) is 6.92 Å². The van der Waals surface area contributed by atoms with Crippen LogP contribution < -0.4 is 5.73 Å². The first kappa shape index (κ1) is 14.4. The van der Waals surface area contributed by atoms with Gasteiger partial charge in [0.05, 0.1) is 6.61 Å². The number of esters is 1. The maximum absolute atomic E-state index is 11.2. The highest BCUT2D eigenvalue weighted by Crippen LogP contribution is 2.18. The summed E-state index contributed by atoms with van der Waals surface area (Å²) in [7, 11) is 0.